The fraction of sp³-hybridized carbons (Fsp3) is 0.381. The zero-order valence-electron chi connectivity index (χ0n) is 17.3. The Kier molecular flexibility index (Phi) is 9.13. The number of hydrogen-bond acceptors (Lipinski definition) is 7. The molecule has 2 N–H and O–H groups in total. The predicted molar refractivity (Wildman–Crippen MR) is 116 cm³/mol. The van der Waals surface area contributed by atoms with Crippen molar-refractivity contribution in [3.05, 3.63) is 62.3 Å². The van der Waals surface area contributed by atoms with Crippen LogP contribution in [0.25, 0.3) is 0 Å². The van der Waals surface area contributed by atoms with Crippen LogP contribution in [0.4, 0.5) is 5.69 Å². The molecule has 0 aliphatic rings. The van der Waals surface area contributed by atoms with Crippen molar-refractivity contribution in [2.75, 3.05) is 6.54 Å². The molecule has 1 aromatic heterocycles. The van der Waals surface area contributed by atoms with Crippen molar-refractivity contribution in [3.8, 4) is 0 Å². The van der Waals surface area contributed by atoms with Gasteiger partial charge < -0.3 is 15.4 Å². The number of amides is 2. The van der Waals surface area contributed by atoms with Crippen molar-refractivity contribution < 1.29 is 24.0 Å². The highest BCUT2D eigenvalue weighted by atomic mass is 32.1. The molecule has 2 aromatic rings. The molecule has 0 aliphatic heterocycles. The van der Waals surface area contributed by atoms with Crippen LogP contribution in [0.2, 0.25) is 0 Å². The molecule has 0 aliphatic carbocycles. The zero-order valence-corrected chi connectivity index (χ0v) is 18.1. The largest absolute Gasteiger partial charge is 0.463 e. The first-order valence-electron chi connectivity index (χ1n) is 9.80. The highest BCUT2D eigenvalue weighted by Gasteiger charge is 2.26. The molecule has 2 rings (SSSR count). The Labute approximate surface area is 183 Å². The van der Waals surface area contributed by atoms with Gasteiger partial charge in [-0.25, -0.2) is 0 Å². The van der Waals surface area contributed by atoms with Gasteiger partial charge in [0.1, 0.15) is 0 Å². The number of carbonyl (C=O) groups is 3. The summed E-state index contributed by atoms with van der Waals surface area (Å²) >= 11 is 1.42. The average Bonchev–Trinajstić information content (AvgIpc) is 3.25. The summed E-state index contributed by atoms with van der Waals surface area (Å²) in [6, 6.07) is 6.76. The molecule has 0 fully saturated rings. The number of nitrogens with zero attached hydrogens (tertiary/aromatic N) is 1. The molecule has 31 heavy (non-hydrogen) atoms. The van der Waals surface area contributed by atoms with Crippen molar-refractivity contribution in [1.82, 2.24) is 10.6 Å². The highest BCUT2D eigenvalue weighted by Crippen LogP contribution is 2.27. The maximum atomic E-state index is 12.4. The number of esters is 1. The second-order valence-electron chi connectivity index (χ2n) is 7.05. The van der Waals surface area contributed by atoms with Crippen molar-refractivity contribution in [2.24, 2.45) is 0 Å². The van der Waals surface area contributed by atoms with Gasteiger partial charge in [-0.3, -0.25) is 24.5 Å². The number of nitrogens with one attached hydrogen (secondary N) is 2. The predicted octanol–water partition coefficient (Wildman–Crippen LogP) is 3.37. The number of nitro groups is 1. The number of ether oxygens (including phenoxy) is 1. The van der Waals surface area contributed by atoms with E-state index in [-0.39, 0.29) is 42.0 Å². The van der Waals surface area contributed by atoms with Crippen LogP contribution in [0, 0.1) is 10.1 Å². The van der Waals surface area contributed by atoms with Crippen LogP contribution in [-0.4, -0.2) is 35.4 Å². The molecule has 0 saturated heterocycles. The average molecular weight is 448 g/mol. The first-order valence-corrected chi connectivity index (χ1v) is 10.7. The van der Waals surface area contributed by atoms with Gasteiger partial charge in [0, 0.05) is 30.0 Å². The molecule has 1 aromatic carbocycles. The van der Waals surface area contributed by atoms with Gasteiger partial charge in [-0.2, -0.15) is 11.3 Å². The van der Waals surface area contributed by atoms with E-state index < -0.39 is 16.9 Å². The minimum Gasteiger partial charge on any atom is -0.463 e. The van der Waals surface area contributed by atoms with Crippen LogP contribution in [-0.2, 0) is 14.3 Å². The molecule has 1 atom stereocenters. The number of para-hydroxylation sites is 1. The summed E-state index contributed by atoms with van der Waals surface area (Å²) < 4.78 is 5.14. The molecule has 2 amide bonds. The maximum absolute atomic E-state index is 12.4. The Balaban J connectivity index is 1.98. The number of carbonyl (C=O) groups excluding carboxylic acids is 3. The van der Waals surface area contributed by atoms with Gasteiger partial charge in [0.2, 0.25) is 5.91 Å². The van der Waals surface area contributed by atoms with E-state index in [2.05, 4.69) is 10.6 Å². The van der Waals surface area contributed by atoms with Crippen LogP contribution in [0.5, 0.6) is 0 Å². The quantitative estimate of drug-likeness (QED) is 0.235. The fourth-order valence-electron chi connectivity index (χ4n) is 2.88. The van der Waals surface area contributed by atoms with Gasteiger partial charge in [-0.15, -0.1) is 0 Å². The zero-order chi connectivity index (χ0) is 22.8. The lowest BCUT2D eigenvalue weighted by atomic mass is 10.0. The minimum atomic E-state index is -0.902. The van der Waals surface area contributed by atoms with E-state index in [1.54, 1.807) is 36.7 Å². The number of nitro benzene ring substituents is 1. The monoisotopic (exact) mass is 447 g/mol. The summed E-state index contributed by atoms with van der Waals surface area (Å²) in [5.41, 5.74) is 0.607. The van der Waals surface area contributed by atoms with Gasteiger partial charge in [-0.1, -0.05) is 18.2 Å². The summed E-state index contributed by atoms with van der Waals surface area (Å²) in [4.78, 5) is 47.3. The van der Waals surface area contributed by atoms with Crippen molar-refractivity contribution in [3.63, 3.8) is 0 Å². The van der Waals surface area contributed by atoms with Crippen LogP contribution >= 0.6 is 11.3 Å². The Morgan fingerprint density at radius 1 is 1.19 bits per heavy atom. The normalized spacial score (nSPS) is 11.6. The Bertz CT molecular complexity index is 914. The smallest absolute Gasteiger partial charge is 0.308 e. The highest BCUT2D eigenvalue weighted by molar-refractivity contribution is 7.08. The molecule has 166 valence electrons. The lowest BCUT2D eigenvalue weighted by Crippen LogP contribution is -2.32. The summed E-state index contributed by atoms with van der Waals surface area (Å²) in [5.74, 6) is -1.16. The van der Waals surface area contributed by atoms with Gasteiger partial charge in [-0.05, 0) is 31.7 Å². The maximum Gasteiger partial charge on any atom is 0.308 e. The number of hydrogen-bond donors (Lipinski definition) is 2. The second kappa shape index (κ2) is 11.8. The van der Waals surface area contributed by atoms with Gasteiger partial charge in [0.05, 0.1) is 29.1 Å². The summed E-state index contributed by atoms with van der Waals surface area (Å²) in [7, 11) is 0. The molecule has 0 saturated carbocycles. The third-order valence-electron chi connectivity index (χ3n) is 4.23. The fourth-order valence-corrected chi connectivity index (χ4v) is 3.51. The van der Waals surface area contributed by atoms with Crippen LogP contribution in [0.15, 0.2) is 41.1 Å². The minimum absolute atomic E-state index is 0.0836. The molecule has 0 bridgehead atoms. The first-order chi connectivity index (χ1) is 14.8. The molecule has 0 spiro atoms. The van der Waals surface area contributed by atoms with E-state index in [1.165, 1.54) is 29.5 Å². The van der Waals surface area contributed by atoms with Crippen molar-refractivity contribution in [1.29, 1.82) is 0 Å². The molecular formula is C21H25N3O6S. The second-order valence-corrected chi connectivity index (χ2v) is 7.83. The molecule has 9 nitrogen and oxygen atoms in total. The number of rotatable bonds is 11. The topological polar surface area (TPSA) is 128 Å². The third-order valence-corrected chi connectivity index (χ3v) is 4.91. The summed E-state index contributed by atoms with van der Waals surface area (Å²) in [6.07, 6.45) is -0.118. The van der Waals surface area contributed by atoms with Crippen molar-refractivity contribution in [2.45, 2.75) is 45.3 Å². The molecule has 1 heterocycles. The van der Waals surface area contributed by atoms with E-state index in [4.69, 9.17) is 4.74 Å². The van der Waals surface area contributed by atoms with E-state index >= 15 is 0 Å². The van der Waals surface area contributed by atoms with E-state index in [0.717, 1.165) is 0 Å². The Morgan fingerprint density at radius 2 is 1.94 bits per heavy atom. The Hall–Kier alpha value is -3.27. The van der Waals surface area contributed by atoms with Crippen LogP contribution in [0.1, 0.15) is 55.1 Å². The lowest BCUT2D eigenvalue weighted by molar-refractivity contribution is -0.385. The molecule has 0 radical (unpaired) electrons. The number of thiophene rings is 1. The SMILES string of the molecule is CC(C)OC(=O)CC(NC(=O)CCCNC(=O)c1ccsc1)c1ccccc1[N+](=O)[O-]. The van der Waals surface area contributed by atoms with E-state index in [1.807, 2.05) is 0 Å². The summed E-state index contributed by atoms with van der Waals surface area (Å²) in [6.45, 7) is 3.69. The van der Waals surface area contributed by atoms with Gasteiger partial charge >= 0.3 is 5.97 Å². The lowest BCUT2D eigenvalue weighted by Gasteiger charge is -2.19. The Morgan fingerprint density at radius 3 is 2.58 bits per heavy atom. The van der Waals surface area contributed by atoms with Crippen LogP contribution < -0.4 is 10.6 Å². The van der Waals surface area contributed by atoms with E-state index in [0.29, 0.717) is 18.5 Å². The summed E-state index contributed by atoms with van der Waals surface area (Å²) in [5, 5.41) is 20.3. The van der Waals surface area contributed by atoms with Gasteiger partial charge in [0.25, 0.3) is 11.6 Å². The third kappa shape index (κ3) is 7.82. The molecular weight excluding hydrogens is 422 g/mol. The standard InChI is InChI=1S/C21H25N3O6S/c1-14(2)30-20(26)12-17(16-6-3-4-7-18(16)24(28)29)23-19(25)8-5-10-22-21(27)15-9-11-31-13-15/h3-4,6-7,9,11,13-14,17H,5,8,10,12H2,1-2H3,(H,22,27)(H,23,25). The molecule has 1 unspecified atom stereocenters. The number of benzene rings is 1. The van der Waals surface area contributed by atoms with Crippen LogP contribution in [0.3, 0.4) is 0 Å². The molecule has 10 heteroatoms. The van der Waals surface area contributed by atoms with Crippen molar-refractivity contribution >= 4 is 34.8 Å². The van der Waals surface area contributed by atoms with Gasteiger partial charge in [0.15, 0.2) is 0 Å². The first kappa shape index (κ1) is 24.0. The van der Waals surface area contributed by atoms with E-state index in [9.17, 15) is 24.5 Å².